The molecule has 44 heavy (non-hydrogen) atoms. The number of fused-ring (bicyclic) bond motifs is 1. The maximum absolute atomic E-state index is 13.8. The summed E-state index contributed by atoms with van der Waals surface area (Å²) in [7, 11) is 0. The Labute approximate surface area is 287 Å². The molecule has 0 bridgehead atoms. The zero-order valence-corrected chi connectivity index (χ0v) is 28.8. The van der Waals surface area contributed by atoms with E-state index in [-0.39, 0.29) is 41.9 Å². The summed E-state index contributed by atoms with van der Waals surface area (Å²) in [5.74, 6) is -2.42. The maximum Gasteiger partial charge on any atom is 0.282 e. The van der Waals surface area contributed by atoms with E-state index in [0.717, 1.165) is 5.01 Å². The minimum atomic E-state index is -0.845. The van der Waals surface area contributed by atoms with E-state index in [1.54, 1.807) is 12.1 Å². The fourth-order valence-electron chi connectivity index (χ4n) is 4.27. The molecule has 0 spiro atoms. The van der Waals surface area contributed by atoms with Crippen molar-refractivity contribution in [3.8, 4) is 11.5 Å². The van der Waals surface area contributed by atoms with E-state index in [0.29, 0.717) is 25.5 Å². The number of rotatable bonds is 8. The zero-order chi connectivity index (χ0) is 31.9. The first-order valence-electron chi connectivity index (χ1n) is 12.3. The van der Waals surface area contributed by atoms with Crippen LogP contribution in [0.15, 0.2) is 90.7 Å². The van der Waals surface area contributed by atoms with Crippen molar-refractivity contribution in [2.24, 2.45) is 0 Å². The van der Waals surface area contributed by atoms with Crippen molar-refractivity contribution in [2.75, 3.05) is 6.54 Å². The number of Topliss-reactive ketones (excluding diaryl/α,β-unsaturated/α-hetero) is 1. The maximum atomic E-state index is 13.8. The summed E-state index contributed by atoms with van der Waals surface area (Å²) in [6.07, 6.45) is 0. The van der Waals surface area contributed by atoms with Crippen LogP contribution < -0.4 is 4.74 Å². The number of hydrogen-bond acceptors (Lipinski definition) is 7. The van der Waals surface area contributed by atoms with Crippen LogP contribution in [-0.4, -0.2) is 45.0 Å². The van der Waals surface area contributed by atoms with E-state index in [9.17, 15) is 29.3 Å². The van der Waals surface area contributed by atoms with Crippen LogP contribution >= 0.6 is 75.3 Å². The minimum Gasteiger partial charge on any atom is -0.457 e. The van der Waals surface area contributed by atoms with Crippen LogP contribution in [0.2, 0.25) is 5.02 Å². The molecule has 0 N–H and O–H groups in total. The molecule has 0 radical (unpaired) electrons. The lowest BCUT2D eigenvalue weighted by molar-refractivity contribution is -0.384. The van der Waals surface area contributed by atoms with Crippen molar-refractivity contribution < 1.29 is 28.8 Å². The lowest BCUT2D eigenvalue weighted by Gasteiger charge is -2.29. The van der Waals surface area contributed by atoms with Gasteiger partial charge >= 0.3 is 0 Å². The molecular weight excluding hydrogens is 857 g/mol. The third kappa shape index (κ3) is 5.96. The smallest absolute Gasteiger partial charge is 0.282 e. The fraction of sp³-hybridized carbons (Fsp3) is 0.0345. The van der Waals surface area contributed by atoms with Gasteiger partial charge in [-0.15, -0.1) is 0 Å². The third-order valence-electron chi connectivity index (χ3n) is 6.41. The highest BCUT2D eigenvalue weighted by atomic mass is 79.9. The standard InChI is InChI=1S/C29H14Br4ClN3O7/c30-23-21-22(24(31)26(33)25(23)32)29(41)36(28(21)40)35(27(39)18-3-1-2-4-19(18)34)13-20(38)14-5-9-16(10-6-14)44-17-11-7-15(8-12-17)37(42)43/h1-12H,13H2. The van der Waals surface area contributed by atoms with E-state index in [1.807, 2.05) is 0 Å². The van der Waals surface area contributed by atoms with Crippen molar-refractivity contribution in [1.29, 1.82) is 0 Å². The average molecular weight is 872 g/mol. The SMILES string of the molecule is O=C(CN(C(=O)c1ccccc1Cl)N1C(=O)c2c(Br)c(Br)c(Br)c(Br)c2C1=O)c1ccc(Oc2ccc([N+](=O)[O-])cc2)cc1. The molecule has 3 amide bonds. The van der Waals surface area contributed by atoms with Gasteiger partial charge in [-0.2, -0.15) is 5.01 Å². The van der Waals surface area contributed by atoms with Gasteiger partial charge in [-0.25, -0.2) is 5.01 Å². The normalized spacial score (nSPS) is 12.2. The summed E-state index contributed by atoms with van der Waals surface area (Å²) >= 11 is 19.7. The molecule has 15 heteroatoms. The predicted molar refractivity (Wildman–Crippen MR) is 174 cm³/mol. The monoisotopic (exact) mass is 867 g/mol. The fourth-order valence-corrected chi connectivity index (χ4v) is 6.95. The number of carbonyl (C=O) groups excluding carboxylic acids is 4. The number of nitro groups is 1. The Morgan fingerprint density at radius 1 is 0.795 bits per heavy atom. The van der Waals surface area contributed by atoms with Gasteiger partial charge in [0.2, 0.25) is 0 Å². The van der Waals surface area contributed by atoms with Gasteiger partial charge < -0.3 is 4.74 Å². The largest absolute Gasteiger partial charge is 0.457 e. The van der Waals surface area contributed by atoms with Crippen LogP contribution in [-0.2, 0) is 0 Å². The number of benzene rings is 4. The van der Waals surface area contributed by atoms with Crippen molar-refractivity contribution in [2.45, 2.75) is 0 Å². The second-order valence-electron chi connectivity index (χ2n) is 9.07. The number of non-ortho nitro benzene ring substituents is 1. The summed E-state index contributed by atoms with van der Waals surface area (Å²) in [6.45, 7) is -0.685. The zero-order valence-electron chi connectivity index (χ0n) is 21.7. The highest BCUT2D eigenvalue weighted by Gasteiger charge is 2.46. The minimum absolute atomic E-state index is 0.00546. The van der Waals surface area contributed by atoms with E-state index < -0.39 is 35.0 Å². The van der Waals surface area contributed by atoms with E-state index in [1.165, 1.54) is 60.7 Å². The second kappa shape index (κ2) is 12.9. The molecule has 1 aliphatic heterocycles. The second-order valence-corrected chi connectivity index (χ2v) is 12.7. The first-order valence-corrected chi connectivity index (χ1v) is 15.8. The molecule has 0 atom stereocenters. The van der Waals surface area contributed by atoms with Gasteiger partial charge in [0.05, 0.1) is 26.6 Å². The average Bonchev–Trinajstić information content (AvgIpc) is 3.27. The van der Waals surface area contributed by atoms with Crippen molar-refractivity contribution >= 4 is 105 Å². The highest BCUT2D eigenvalue weighted by Crippen LogP contribution is 2.45. The summed E-state index contributed by atoms with van der Waals surface area (Å²) in [6, 6.07) is 17.4. The number of amides is 3. The molecule has 0 unspecified atom stereocenters. The summed E-state index contributed by atoms with van der Waals surface area (Å²) in [5.41, 5.74) is 0.0313. The Morgan fingerprint density at radius 3 is 1.80 bits per heavy atom. The number of hydrazine groups is 1. The van der Waals surface area contributed by atoms with Gasteiger partial charge in [0.1, 0.15) is 18.0 Å². The number of nitrogens with zero attached hydrogens (tertiary/aromatic N) is 3. The molecule has 4 aromatic carbocycles. The third-order valence-corrected chi connectivity index (χ3v) is 11.5. The van der Waals surface area contributed by atoms with Gasteiger partial charge in [-0.3, -0.25) is 29.3 Å². The number of carbonyl (C=O) groups is 4. The molecule has 5 rings (SSSR count). The Bertz CT molecular complexity index is 1840. The van der Waals surface area contributed by atoms with Crippen LogP contribution in [0.5, 0.6) is 11.5 Å². The summed E-state index contributed by atoms with van der Waals surface area (Å²) in [5, 5.41) is 12.3. The molecule has 0 aliphatic carbocycles. The Hall–Kier alpha value is -3.43. The first kappa shape index (κ1) is 32.0. The predicted octanol–water partition coefficient (Wildman–Crippen LogP) is 8.63. The van der Waals surface area contributed by atoms with Crippen LogP contribution in [0.25, 0.3) is 0 Å². The quantitative estimate of drug-likeness (QED) is 0.0434. The molecule has 222 valence electrons. The Morgan fingerprint density at radius 2 is 1.30 bits per heavy atom. The van der Waals surface area contributed by atoms with Gasteiger partial charge in [-0.1, -0.05) is 23.7 Å². The molecular formula is C29H14Br4ClN3O7. The van der Waals surface area contributed by atoms with Crippen molar-refractivity contribution in [1.82, 2.24) is 10.0 Å². The number of nitro benzene ring substituents is 1. The molecule has 0 fully saturated rings. The molecule has 4 aromatic rings. The van der Waals surface area contributed by atoms with Crippen molar-refractivity contribution in [3.63, 3.8) is 0 Å². The lowest BCUT2D eigenvalue weighted by atomic mass is 10.1. The molecule has 1 heterocycles. The van der Waals surface area contributed by atoms with Gasteiger partial charge in [0.15, 0.2) is 5.78 Å². The van der Waals surface area contributed by atoms with Crippen LogP contribution in [0.1, 0.15) is 41.4 Å². The van der Waals surface area contributed by atoms with Crippen LogP contribution in [0, 0.1) is 10.1 Å². The highest BCUT2D eigenvalue weighted by molar-refractivity contribution is 9.15. The Kier molecular flexibility index (Phi) is 9.37. The molecule has 0 aromatic heterocycles. The summed E-state index contributed by atoms with van der Waals surface area (Å²) < 4.78 is 7.18. The van der Waals surface area contributed by atoms with Crippen molar-refractivity contribution in [3.05, 3.63) is 128 Å². The van der Waals surface area contributed by atoms with Gasteiger partial charge in [-0.05, 0) is 112 Å². The van der Waals surface area contributed by atoms with E-state index in [4.69, 9.17) is 16.3 Å². The molecule has 0 saturated heterocycles. The molecule has 1 aliphatic rings. The number of imide groups is 1. The van der Waals surface area contributed by atoms with Gasteiger partial charge in [0, 0.05) is 35.6 Å². The molecule has 0 saturated carbocycles. The first-order chi connectivity index (χ1) is 20.9. The van der Waals surface area contributed by atoms with E-state index in [2.05, 4.69) is 63.7 Å². The topological polar surface area (TPSA) is 127 Å². The van der Waals surface area contributed by atoms with Crippen LogP contribution in [0.3, 0.4) is 0 Å². The van der Waals surface area contributed by atoms with Crippen LogP contribution in [0.4, 0.5) is 5.69 Å². The number of hydrogen-bond donors (Lipinski definition) is 0. The summed E-state index contributed by atoms with van der Waals surface area (Å²) in [4.78, 5) is 65.1. The molecule has 10 nitrogen and oxygen atoms in total. The lowest BCUT2D eigenvalue weighted by Crippen LogP contribution is -2.51. The number of halogens is 5. The van der Waals surface area contributed by atoms with E-state index >= 15 is 0 Å². The Balaban J connectivity index is 1.46. The number of ether oxygens (including phenoxy) is 1. The number of ketones is 1. The van der Waals surface area contributed by atoms with Gasteiger partial charge in [0.25, 0.3) is 23.4 Å².